The van der Waals surface area contributed by atoms with Crippen molar-refractivity contribution < 1.29 is 9.53 Å². The molecule has 5 nitrogen and oxygen atoms in total. The Morgan fingerprint density at radius 2 is 2.14 bits per heavy atom. The Hall–Kier alpha value is -1.66. The van der Waals surface area contributed by atoms with E-state index in [1.807, 2.05) is 18.2 Å². The van der Waals surface area contributed by atoms with E-state index in [-0.39, 0.29) is 12.4 Å². The number of nitrogens with two attached hydrogens (primary N) is 1. The molecule has 0 spiro atoms. The first-order valence-electron chi connectivity index (χ1n) is 6.05. The lowest BCUT2D eigenvalue weighted by atomic mass is 10.2. The molecule has 0 saturated heterocycles. The van der Waals surface area contributed by atoms with Crippen molar-refractivity contribution in [3.63, 3.8) is 0 Å². The van der Waals surface area contributed by atoms with E-state index in [2.05, 4.69) is 11.6 Å². The molecule has 2 N–H and O–H groups in total. The first-order valence-corrected chi connectivity index (χ1v) is 7.03. The van der Waals surface area contributed by atoms with E-state index >= 15 is 0 Å². The van der Waals surface area contributed by atoms with Crippen LogP contribution in [0.2, 0.25) is 0 Å². The van der Waals surface area contributed by atoms with Crippen molar-refractivity contribution in [2.24, 2.45) is 10.7 Å². The summed E-state index contributed by atoms with van der Waals surface area (Å²) in [5, 5.41) is 0.485. The van der Waals surface area contributed by atoms with Gasteiger partial charge in [-0.2, -0.15) is 0 Å². The zero-order valence-corrected chi connectivity index (χ0v) is 13.7. The molecule has 0 aliphatic rings. The van der Waals surface area contributed by atoms with Gasteiger partial charge in [0.15, 0.2) is 5.17 Å². The highest BCUT2D eigenvalue weighted by molar-refractivity contribution is 8.13. The van der Waals surface area contributed by atoms with Crippen molar-refractivity contribution in [2.45, 2.75) is 5.75 Å². The number of carbonyl (C=O) groups is 1. The zero-order chi connectivity index (χ0) is 15.0. The lowest BCUT2D eigenvalue weighted by molar-refractivity contribution is 0.171. The van der Waals surface area contributed by atoms with Crippen molar-refractivity contribution in [1.82, 2.24) is 4.90 Å². The minimum Gasteiger partial charge on any atom is -0.410 e. The predicted molar refractivity (Wildman–Crippen MR) is 91.4 cm³/mol. The first-order chi connectivity index (χ1) is 9.54. The van der Waals surface area contributed by atoms with Gasteiger partial charge in [0, 0.05) is 25.4 Å². The highest BCUT2D eigenvalue weighted by atomic mass is 35.5. The van der Waals surface area contributed by atoms with Gasteiger partial charge < -0.3 is 15.4 Å². The van der Waals surface area contributed by atoms with Crippen molar-refractivity contribution >= 4 is 35.4 Å². The fourth-order valence-corrected chi connectivity index (χ4v) is 1.97. The molecular formula is C14H20ClN3O2S. The number of benzene rings is 1. The Balaban J connectivity index is 0.00000400. The van der Waals surface area contributed by atoms with Gasteiger partial charge in [0.25, 0.3) is 0 Å². The molecule has 0 aliphatic carbocycles. The van der Waals surface area contributed by atoms with E-state index in [4.69, 9.17) is 10.5 Å². The largest absolute Gasteiger partial charge is 0.414 e. The average Bonchev–Trinajstić information content (AvgIpc) is 2.44. The second-order valence-corrected chi connectivity index (χ2v) is 5.12. The molecule has 7 heteroatoms. The van der Waals surface area contributed by atoms with E-state index < -0.39 is 6.09 Å². The molecule has 0 aliphatic heterocycles. The number of hydrogen-bond acceptors (Lipinski definition) is 4. The van der Waals surface area contributed by atoms with Crippen LogP contribution in [-0.2, 0) is 5.75 Å². The van der Waals surface area contributed by atoms with Gasteiger partial charge in [0.2, 0.25) is 0 Å². The number of ether oxygens (including phenoxy) is 1. The molecule has 0 bridgehead atoms. The molecule has 0 saturated carbocycles. The number of thioether (sulfide) groups is 1. The van der Waals surface area contributed by atoms with Gasteiger partial charge in [-0.3, -0.25) is 4.99 Å². The first kappa shape index (κ1) is 19.3. The second-order valence-electron chi connectivity index (χ2n) is 4.13. The van der Waals surface area contributed by atoms with E-state index in [1.165, 1.54) is 16.7 Å². The topological polar surface area (TPSA) is 67.9 Å². The Morgan fingerprint density at radius 3 is 2.76 bits per heavy atom. The number of amidine groups is 1. The Morgan fingerprint density at radius 1 is 1.48 bits per heavy atom. The van der Waals surface area contributed by atoms with Gasteiger partial charge in [-0.25, -0.2) is 4.79 Å². The van der Waals surface area contributed by atoms with Crippen LogP contribution in [0.25, 0.3) is 0 Å². The molecule has 1 aromatic carbocycles. The normalized spacial score (nSPS) is 10.5. The number of hydrogen-bond donors (Lipinski definition) is 1. The summed E-state index contributed by atoms with van der Waals surface area (Å²) in [6, 6.07) is 7.36. The summed E-state index contributed by atoms with van der Waals surface area (Å²) in [5.41, 5.74) is 6.65. The van der Waals surface area contributed by atoms with Crippen LogP contribution in [-0.4, -0.2) is 36.8 Å². The number of carbonyl (C=O) groups excluding carboxylic acids is 1. The lowest BCUT2D eigenvalue weighted by Gasteiger charge is -2.13. The summed E-state index contributed by atoms with van der Waals surface area (Å²) >= 11 is 1.39. The van der Waals surface area contributed by atoms with Crippen LogP contribution in [0.1, 0.15) is 5.56 Å². The fourth-order valence-electron chi connectivity index (χ4n) is 1.26. The average molecular weight is 330 g/mol. The number of nitrogens with zero attached hydrogens (tertiary/aromatic N) is 2. The van der Waals surface area contributed by atoms with E-state index in [0.717, 1.165) is 5.56 Å². The predicted octanol–water partition coefficient (Wildman–Crippen LogP) is 2.90. The Kier molecular flexibility index (Phi) is 9.32. The fraction of sp³-hybridized carbons (Fsp3) is 0.286. The quantitative estimate of drug-likeness (QED) is 0.512. The van der Waals surface area contributed by atoms with Gasteiger partial charge in [0.05, 0.1) is 6.54 Å². The summed E-state index contributed by atoms with van der Waals surface area (Å²) in [6.45, 7) is 4.08. The molecule has 116 valence electrons. The third-order valence-corrected chi connectivity index (χ3v) is 3.17. The summed E-state index contributed by atoms with van der Waals surface area (Å²) in [7, 11) is 3.28. The van der Waals surface area contributed by atoms with Crippen LogP contribution in [0.3, 0.4) is 0 Å². The molecule has 21 heavy (non-hydrogen) atoms. The smallest absolute Gasteiger partial charge is 0.410 e. The molecule has 0 heterocycles. The second kappa shape index (κ2) is 10.1. The Bertz CT molecular complexity index is 507. The lowest BCUT2D eigenvalue weighted by Crippen LogP contribution is -2.25. The van der Waals surface area contributed by atoms with E-state index in [9.17, 15) is 4.79 Å². The van der Waals surface area contributed by atoms with Crippen molar-refractivity contribution in [2.75, 3.05) is 20.6 Å². The summed E-state index contributed by atoms with van der Waals surface area (Å²) in [4.78, 5) is 17.1. The maximum Gasteiger partial charge on any atom is 0.414 e. The summed E-state index contributed by atoms with van der Waals surface area (Å²) < 4.78 is 5.30. The van der Waals surface area contributed by atoms with Crippen molar-refractivity contribution in [1.29, 1.82) is 0 Å². The van der Waals surface area contributed by atoms with Crippen molar-refractivity contribution in [3.05, 3.63) is 42.5 Å². The molecule has 0 unspecified atom stereocenters. The van der Waals surface area contributed by atoms with Crippen LogP contribution in [0.5, 0.6) is 5.75 Å². The SMILES string of the molecule is C=CCN=C(N)SCc1ccccc1OC(=O)N(C)C.Cl. The summed E-state index contributed by atoms with van der Waals surface area (Å²) in [5.74, 6) is 1.12. The maximum atomic E-state index is 11.6. The van der Waals surface area contributed by atoms with Crippen LogP contribution in [0.15, 0.2) is 41.9 Å². The summed E-state index contributed by atoms with van der Waals surface area (Å²) in [6.07, 6.45) is 1.27. The number of para-hydroxylation sites is 1. The van der Waals surface area contributed by atoms with E-state index in [1.54, 1.807) is 26.2 Å². The third-order valence-electron chi connectivity index (χ3n) is 2.29. The molecule has 0 aromatic heterocycles. The van der Waals surface area contributed by atoms with Gasteiger partial charge in [-0.15, -0.1) is 19.0 Å². The van der Waals surface area contributed by atoms with Crippen LogP contribution < -0.4 is 10.5 Å². The Labute approximate surface area is 135 Å². The standard InChI is InChI=1S/C14H19N3O2S.ClH/c1-4-9-16-13(15)20-10-11-7-5-6-8-12(11)19-14(18)17(2)3;/h4-8H,1,9-10H2,2-3H3,(H2,15,16);1H. The van der Waals surface area contributed by atoms with E-state index in [0.29, 0.717) is 23.2 Å². The molecular weight excluding hydrogens is 310 g/mol. The minimum atomic E-state index is -0.407. The zero-order valence-electron chi connectivity index (χ0n) is 12.1. The molecule has 0 radical (unpaired) electrons. The third kappa shape index (κ3) is 7.06. The molecule has 1 aromatic rings. The van der Waals surface area contributed by atoms with Gasteiger partial charge in [-0.1, -0.05) is 36.0 Å². The highest BCUT2D eigenvalue weighted by Gasteiger charge is 2.10. The maximum absolute atomic E-state index is 11.6. The highest BCUT2D eigenvalue weighted by Crippen LogP contribution is 2.23. The van der Waals surface area contributed by atoms with Crippen molar-refractivity contribution in [3.8, 4) is 5.75 Å². The van der Waals surface area contributed by atoms with Gasteiger partial charge in [-0.05, 0) is 6.07 Å². The van der Waals surface area contributed by atoms with Gasteiger partial charge >= 0.3 is 6.09 Å². The number of amides is 1. The number of rotatable bonds is 5. The van der Waals surface area contributed by atoms with Crippen LogP contribution in [0, 0.1) is 0 Å². The molecule has 1 rings (SSSR count). The number of halogens is 1. The number of aliphatic imine (C=N–C) groups is 1. The molecule has 1 amide bonds. The van der Waals surface area contributed by atoms with Gasteiger partial charge in [0.1, 0.15) is 5.75 Å². The van der Waals surface area contributed by atoms with Crippen LogP contribution >= 0.6 is 24.2 Å². The minimum absolute atomic E-state index is 0. The molecule has 0 fully saturated rings. The monoisotopic (exact) mass is 329 g/mol. The molecule has 0 atom stereocenters. The van der Waals surface area contributed by atoms with Crippen LogP contribution in [0.4, 0.5) is 4.79 Å².